The molecule has 0 bridgehead atoms. The highest BCUT2D eigenvalue weighted by molar-refractivity contribution is 5.71. The zero-order valence-electron chi connectivity index (χ0n) is 49.9. The van der Waals surface area contributed by atoms with Gasteiger partial charge in [-0.05, 0) is 148 Å². The van der Waals surface area contributed by atoms with Gasteiger partial charge in [0.25, 0.3) is 0 Å². The van der Waals surface area contributed by atoms with Crippen LogP contribution in [0.2, 0.25) is 0 Å². The molecule has 0 aromatic heterocycles. The second kappa shape index (κ2) is 64.3. The summed E-state index contributed by atoms with van der Waals surface area (Å²) in [6.07, 6.45) is 95.0. The lowest BCUT2D eigenvalue weighted by Gasteiger charge is -2.18. The van der Waals surface area contributed by atoms with Crippen molar-refractivity contribution in [1.82, 2.24) is 0 Å². The van der Waals surface area contributed by atoms with Crippen molar-refractivity contribution < 1.29 is 28.6 Å². The summed E-state index contributed by atoms with van der Waals surface area (Å²) in [7, 11) is 0. The third-order valence-corrected chi connectivity index (χ3v) is 12.4. The van der Waals surface area contributed by atoms with Gasteiger partial charge in [0.05, 0.1) is 0 Å². The minimum atomic E-state index is -0.813. The number of unbranched alkanes of at least 4 members (excludes halogenated alkanes) is 15. The van der Waals surface area contributed by atoms with E-state index in [2.05, 4.69) is 191 Å². The van der Waals surface area contributed by atoms with Gasteiger partial charge in [0, 0.05) is 19.3 Å². The lowest BCUT2D eigenvalue weighted by atomic mass is 10.1. The Morgan fingerprint density at radius 2 is 0.500 bits per heavy atom. The summed E-state index contributed by atoms with van der Waals surface area (Å²) < 4.78 is 16.8. The summed E-state index contributed by atoms with van der Waals surface area (Å²) in [6, 6.07) is 0. The summed E-state index contributed by atoms with van der Waals surface area (Å²) in [5.41, 5.74) is 0. The Kier molecular flexibility index (Phi) is 60.0. The molecule has 0 aromatic rings. The second-order valence-electron chi connectivity index (χ2n) is 19.8. The molecule has 0 radical (unpaired) electrons. The van der Waals surface area contributed by atoms with E-state index in [4.69, 9.17) is 14.2 Å². The molecule has 0 amide bonds. The molecule has 0 heterocycles. The highest BCUT2D eigenvalue weighted by Crippen LogP contribution is 2.13. The minimum Gasteiger partial charge on any atom is -0.462 e. The smallest absolute Gasteiger partial charge is 0.306 e. The number of hydrogen-bond acceptors (Lipinski definition) is 6. The molecule has 1 unspecified atom stereocenters. The highest BCUT2D eigenvalue weighted by Gasteiger charge is 2.19. The first-order valence-electron chi connectivity index (χ1n) is 31.1. The minimum absolute atomic E-state index is 0.107. The van der Waals surface area contributed by atoms with Gasteiger partial charge in [-0.25, -0.2) is 0 Å². The Labute approximate surface area is 479 Å². The van der Waals surface area contributed by atoms with E-state index < -0.39 is 6.10 Å². The molecule has 0 rings (SSSR count). The number of ether oxygens (including phenoxy) is 3. The molecule has 6 nitrogen and oxygen atoms in total. The van der Waals surface area contributed by atoms with Crippen LogP contribution in [0.5, 0.6) is 0 Å². The zero-order chi connectivity index (χ0) is 56.4. The molecular weight excluding hydrogens is 961 g/mol. The van der Waals surface area contributed by atoms with Gasteiger partial charge >= 0.3 is 17.9 Å². The highest BCUT2D eigenvalue weighted by atomic mass is 16.6. The van der Waals surface area contributed by atoms with Crippen molar-refractivity contribution in [3.05, 3.63) is 170 Å². The van der Waals surface area contributed by atoms with E-state index in [0.29, 0.717) is 12.8 Å². The van der Waals surface area contributed by atoms with Gasteiger partial charge in [-0.2, -0.15) is 0 Å². The molecule has 0 N–H and O–H groups in total. The van der Waals surface area contributed by atoms with Crippen LogP contribution in [0.4, 0.5) is 0 Å². The van der Waals surface area contributed by atoms with E-state index >= 15 is 0 Å². The molecule has 1 atom stereocenters. The van der Waals surface area contributed by atoms with Gasteiger partial charge in [0.15, 0.2) is 6.10 Å². The first-order valence-corrected chi connectivity index (χ1v) is 31.1. The number of carbonyl (C=O) groups excluding carboxylic acids is 3. The van der Waals surface area contributed by atoms with Crippen LogP contribution in [-0.4, -0.2) is 37.2 Å². The van der Waals surface area contributed by atoms with Crippen molar-refractivity contribution in [2.45, 2.75) is 252 Å². The normalized spacial score (nSPS) is 13.3. The van der Waals surface area contributed by atoms with Crippen molar-refractivity contribution in [3.8, 4) is 0 Å². The van der Waals surface area contributed by atoms with Crippen LogP contribution in [0.1, 0.15) is 245 Å². The van der Waals surface area contributed by atoms with Crippen LogP contribution in [0, 0.1) is 0 Å². The van der Waals surface area contributed by atoms with Crippen LogP contribution in [-0.2, 0) is 28.6 Å². The Hall–Kier alpha value is -5.23. The molecule has 0 aliphatic heterocycles. The number of esters is 3. The lowest BCUT2D eigenvalue weighted by molar-refractivity contribution is -0.167. The van der Waals surface area contributed by atoms with E-state index in [-0.39, 0.29) is 37.5 Å². The van der Waals surface area contributed by atoms with E-state index in [1.807, 2.05) is 0 Å². The maximum atomic E-state index is 12.9. The largest absolute Gasteiger partial charge is 0.462 e. The van der Waals surface area contributed by atoms with Crippen molar-refractivity contribution in [2.24, 2.45) is 0 Å². The molecule has 0 aromatic carbocycles. The SMILES string of the molecule is CC/C=C\C/C=C\C/C=C\C/C=C\C/C=C\C/C=C\C/C=C\CCCCCCCC(=O)OCC(COC(=O)CCCCCCC/C=C\CCC)OC(=O)CCCCCC/C=C\C/C=C\C/C=C\C/C=C\C/C=C\C/C=C\CC. The van der Waals surface area contributed by atoms with Crippen LogP contribution in [0.15, 0.2) is 170 Å². The predicted molar refractivity (Wildman–Crippen MR) is 338 cm³/mol. The molecule has 436 valence electrons. The Morgan fingerprint density at radius 3 is 0.795 bits per heavy atom. The predicted octanol–water partition coefficient (Wildman–Crippen LogP) is 21.5. The van der Waals surface area contributed by atoms with E-state index in [1.54, 1.807) is 0 Å². The maximum Gasteiger partial charge on any atom is 0.306 e. The van der Waals surface area contributed by atoms with Crippen molar-refractivity contribution in [1.29, 1.82) is 0 Å². The maximum absolute atomic E-state index is 12.9. The first-order chi connectivity index (χ1) is 38.5. The second-order valence-corrected chi connectivity index (χ2v) is 19.8. The third-order valence-electron chi connectivity index (χ3n) is 12.4. The molecule has 0 aliphatic rings. The first kappa shape index (κ1) is 72.8. The van der Waals surface area contributed by atoms with Gasteiger partial charge in [0.1, 0.15) is 13.2 Å². The Bertz CT molecular complexity index is 1810. The lowest BCUT2D eigenvalue weighted by Crippen LogP contribution is -2.30. The fourth-order valence-corrected chi connectivity index (χ4v) is 7.84. The van der Waals surface area contributed by atoms with Gasteiger partial charge < -0.3 is 14.2 Å². The van der Waals surface area contributed by atoms with Crippen molar-refractivity contribution >= 4 is 17.9 Å². The Morgan fingerprint density at radius 1 is 0.269 bits per heavy atom. The number of allylic oxidation sites excluding steroid dienone is 28. The fourth-order valence-electron chi connectivity index (χ4n) is 7.84. The Balaban J connectivity index is 4.41. The molecule has 0 spiro atoms. The topological polar surface area (TPSA) is 78.9 Å². The van der Waals surface area contributed by atoms with E-state index in [1.165, 1.54) is 12.8 Å². The van der Waals surface area contributed by atoms with Gasteiger partial charge in [0.2, 0.25) is 0 Å². The average Bonchev–Trinajstić information content (AvgIpc) is 3.44. The molecule has 0 saturated carbocycles. The van der Waals surface area contributed by atoms with Gasteiger partial charge in [-0.3, -0.25) is 14.4 Å². The molecule has 78 heavy (non-hydrogen) atoms. The number of hydrogen-bond donors (Lipinski definition) is 0. The monoisotopic (exact) mass is 1070 g/mol. The molecule has 0 aliphatic carbocycles. The third kappa shape index (κ3) is 61.6. The van der Waals surface area contributed by atoms with E-state index in [9.17, 15) is 14.4 Å². The van der Waals surface area contributed by atoms with Gasteiger partial charge in [-0.1, -0.05) is 249 Å². The average molecular weight is 1070 g/mol. The summed E-state index contributed by atoms with van der Waals surface area (Å²) in [6.45, 7) is 6.29. The van der Waals surface area contributed by atoms with Gasteiger partial charge in [-0.15, -0.1) is 0 Å². The fraction of sp³-hybridized carbons (Fsp3) is 0.569. The number of rotatable bonds is 54. The molecule has 6 heteroatoms. The van der Waals surface area contributed by atoms with E-state index in [0.717, 1.165) is 193 Å². The molecular formula is C72H112O6. The standard InChI is InChI=1S/C72H112O6/c1-4-7-10-13-16-19-22-24-26-28-30-32-34-35-36-37-39-40-42-44-46-48-50-53-56-59-62-65-71(74)77-68-69(67-76-70(73)64-61-58-55-52-21-18-15-12-9-6-3)78-72(75)66-63-60-57-54-51-49-47-45-43-41-38-33-31-29-27-25-23-20-17-14-11-8-5-2/h7-8,10-12,15-17,19-20,24-27,30-33,35-36,39-41,43-44,46-47,49,69H,4-6,9,13-14,18,21-23,28-29,34,37-38,42,45,48,50-68H2,1-3H3/b10-7-,11-8-,15-12-,19-16-,20-17-,26-24-,27-25-,32-30-,33-31-,36-35-,40-39-,43-41-,46-44-,49-47-. The van der Waals surface area contributed by atoms with Crippen LogP contribution in [0.3, 0.4) is 0 Å². The molecule has 0 saturated heterocycles. The van der Waals surface area contributed by atoms with Crippen LogP contribution < -0.4 is 0 Å². The summed E-state index contributed by atoms with van der Waals surface area (Å²) >= 11 is 0. The summed E-state index contributed by atoms with van der Waals surface area (Å²) in [4.78, 5) is 38.2. The summed E-state index contributed by atoms with van der Waals surface area (Å²) in [5.74, 6) is -0.971. The molecule has 0 fully saturated rings. The number of carbonyl (C=O) groups is 3. The quantitative estimate of drug-likeness (QED) is 0.0261. The van der Waals surface area contributed by atoms with Crippen LogP contribution in [0.25, 0.3) is 0 Å². The van der Waals surface area contributed by atoms with Crippen molar-refractivity contribution in [3.63, 3.8) is 0 Å². The summed E-state index contributed by atoms with van der Waals surface area (Å²) in [5, 5.41) is 0. The zero-order valence-corrected chi connectivity index (χ0v) is 49.9. The van der Waals surface area contributed by atoms with Crippen molar-refractivity contribution in [2.75, 3.05) is 13.2 Å². The van der Waals surface area contributed by atoms with Crippen LogP contribution >= 0.6 is 0 Å².